The molecule has 20 heavy (non-hydrogen) atoms. The minimum atomic E-state index is -0.395. The molecule has 2 rings (SSSR count). The predicted octanol–water partition coefficient (Wildman–Crippen LogP) is 1.58. The van der Waals surface area contributed by atoms with Crippen molar-refractivity contribution in [1.29, 1.82) is 0 Å². The quantitative estimate of drug-likeness (QED) is 0.888. The lowest BCUT2D eigenvalue weighted by atomic mass is 9.86. The molecule has 1 saturated heterocycles. The van der Waals surface area contributed by atoms with E-state index in [1.807, 2.05) is 11.9 Å². The largest absolute Gasteiger partial charge is 0.384 e. The molecule has 1 aliphatic heterocycles. The van der Waals surface area contributed by atoms with Gasteiger partial charge in [-0.1, -0.05) is 29.8 Å². The summed E-state index contributed by atoms with van der Waals surface area (Å²) < 4.78 is 5.28. The minimum absolute atomic E-state index is 0.171. The summed E-state index contributed by atoms with van der Waals surface area (Å²) in [6.45, 7) is 4.78. The molecule has 1 aromatic rings. The van der Waals surface area contributed by atoms with Crippen LogP contribution < -0.4 is 5.32 Å². The SMILES string of the molecule is COCC1(C(=O)N(C)Cc2ccc(C)cc2)CCNC1. The van der Waals surface area contributed by atoms with Crippen molar-refractivity contribution in [3.63, 3.8) is 0 Å². The van der Waals surface area contributed by atoms with Crippen LogP contribution in [0.3, 0.4) is 0 Å². The van der Waals surface area contributed by atoms with Gasteiger partial charge in [-0.3, -0.25) is 4.79 Å². The first kappa shape index (κ1) is 15.0. The zero-order valence-corrected chi connectivity index (χ0v) is 12.6. The molecule has 4 nitrogen and oxygen atoms in total. The number of benzene rings is 1. The number of amides is 1. The molecule has 0 aromatic heterocycles. The van der Waals surface area contributed by atoms with Gasteiger partial charge in [0.25, 0.3) is 0 Å². The Kier molecular flexibility index (Phi) is 4.78. The summed E-state index contributed by atoms with van der Waals surface area (Å²) in [5.74, 6) is 0.171. The minimum Gasteiger partial charge on any atom is -0.384 e. The van der Waals surface area contributed by atoms with Crippen LogP contribution in [0.2, 0.25) is 0 Å². The lowest BCUT2D eigenvalue weighted by Gasteiger charge is -2.31. The summed E-state index contributed by atoms with van der Waals surface area (Å²) in [5.41, 5.74) is 2.00. The van der Waals surface area contributed by atoms with Crippen LogP contribution >= 0.6 is 0 Å². The van der Waals surface area contributed by atoms with Crippen LogP contribution in [-0.4, -0.2) is 44.7 Å². The normalized spacial score (nSPS) is 21.9. The summed E-state index contributed by atoms with van der Waals surface area (Å²) in [6.07, 6.45) is 0.845. The van der Waals surface area contributed by atoms with Gasteiger partial charge in [0, 0.05) is 27.2 Å². The molecule has 110 valence electrons. The number of carbonyl (C=O) groups excluding carboxylic acids is 1. The first-order valence-corrected chi connectivity index (χ1v) is 7.08. The Hall–Kier alpha value is -1.39. The van der Waals surface area contributed by atoms with Gasteiger partial charge in [-0.05, 0) is 25.5 Å². The second kappa shape index (κ2) is 6.37. The van der Waals surface area contributed by atoms with Gasteiger partial charge in [-0.2, -0.15) is 0 Å². The lowest BCUT2D eigenvalue weighted by Crippen LogP contribution is -2.46. The first-order valence-electron chi connectivity index (χ1n) is 7.08. The van der Waals surface area contributed by atoms with Crippen molar-refractivity contribution >= 4 is 5.91 Å². The van der Waals surface area contributed by atoms with E-state index in [-0.39, 0.29) is 5.91 Å². The fourth-order valence-corrected chi connectivity index (χ4v) is 2.83. The van der Waals surface area contributed by atoms with Crippen molar-refractivity contribution < 1.29 is 9.53 Å². The van der Waals surface area contributed by atoms with Gasteiger partial charge in [-0.15, -0.1) is 0 Å². The highest BCUT2D eigenvalue weighted by molar-refractivity contribution is 5.83. The fraction of sp³-hybridized carbons (Fsp3) is 0.562. The fourth-order valence-electron chi connectivity index (χ4n) is 2.83. The van der Waals surface area contributed by atoms with Crippen LogP contribution in [0.4, 0.5) is 0 Å². The van der Waals surface area contributed by atoms with Crippen LogP contribution in [0.25, 0.3) is 0 Å². The number of nitrogens with one attached hydrogen (secondary N) is 1. The van der Waals surface area contributed by atoms with Crippen LogP contribution in [0, 0.1) is 12.3 Å². The van der Waals surface area contributed by atoms with Gasteiger partial charge in [-0.25, -0.2) is 0 Å². The standard InChI is InChI=1S/C16H24N2O2/c1-13-4-6-14(7-5-13)10-18(2)15(19)16(12-20-3)8-9-17-11-16/h4-7,17H,8-12H2,1-3H3. The summed E-state index contributed by atoms with van der Waals surface area (Å²) in [6, 6.07) is 8.31. The topological polar surface area (TPSA) is 41.6 Å². The van der Waals surface area contributed by atoms with Gasteiger partial charge in [0.2, 0.25) is 5.91 Å². The Bertz CT molecular complexity index is 450. The molecule has 1 unspecified atom stereocenters. The van der Waals surface area contributed by atoms with Crippen molar-refractivity contribution in [1.82, 2.24) is 10.2 Å². The Labute approximate surface area is 121 Å². The number of nitrogens with zero attached hydrogens (tertiary/aromatic N) is 1. The third-order valence-corrected chi connectivity index (χ3v) is 4.01. The summed E-state index contributed by atoms with van der Waals surface area (Å²) in [5, 5.41) is 3.28. The molecule has 1 amide bonds. The van der Waals surface area contributed by atoms with Gasteiger partial charge in [0.15, 0.2) is 0 Å². The van der Waals surface area contributed by atoms with Crippen molar-refractivity contribution in [3.05, 3.63) is 35.4 Å². The van der Waals surface area contributed by atoms with Gasteiger partial charge in [0.1, 0.15) is 0 Å². The number of methoxy groups -OCH3 is 1. The van der Waals surface area contributed by atoms with Crippen LogP contribution in [0.15, 0.2) is 24.3 Å². The van der Waals surface area contributed by atoms with E-state index in [0.29, 0.717) is 19.7 Å². The van der Waals surface area contributed by atoms with Gasteiger partial charge < -0.3 is 15.0 Å². The highest BCUT2D eigenvalue weighted by atomic mass is 16.5. The molecular formula is C16H24N2O2. The molecule has 0 radical (unpaired) electrons. The molecule has 0 bridgehead atoms. The Morgan fingerprint density at radius 3 is 2.65 bits per heavy atom. The van der Waals surface area contributed by atoms with Crippen molar-refractivity contribution in [3.8, 4) is 0 Å². The molecule has 1 heterocycles. The molecule has 0 saturated carbocycles. The maximum absolute atomic E-state index is 12.7. The highest BCUT2D eigenvalue weighted by Crippen LogP contribution is 2.28. The molecule has 1 aliphatic rings. The summed E-state index contributed by atoms with van der Waals surface area (Å²) in [4.78, 5) is 14.6. The molecule has 0 aliphatic carbocycles. The monoisotopic (exact) mass is 276 g/mol. The lowest BCUT2D eigenvalue weighted by molar-refractivity contribution is -0.143. The molecule has 1 aromatic carbocycles. The van der Waals surface area contributed by atoms with E-state index >= 15 is 0 Å². The van der Waals surface area contributed by atoms with Crippen molar-refractivity contribution in [2.45, 2.75) is 19.9 Å². The molecule has 1 atom stereocenters. The smallest absolute Gasteiger partial charge is 0.232 e. The third kappa shape index (κ3) is 3.19. The number of rotatable bonds is 5. The molecule has 1 N–H and O–H groups in total. The predicted molar refractivity (Wildman–Crippen MR) is 79.4 cm³/mol. The van der Waals surface area contributed by atoms with Crippen LogP contribution in [0.5, 0.6) is 0 Å². The molecule has 0 spiro atoms. The maximum atomic E-state index is 12.7. The Morgan fingerprint density at radius 1 is 1.40 bits per heavy atom. The van der Waals surface area contributed by atoms with E-state index in [4.69, 9.17) is 4.74 Å². The Balaban J connectivity index is 2.05. The van der Waals surface area contributed by atoms with Crippen molar-refractivity contribution in [2.75, 3.05) is 33.9 Å². The average Bonchev–Trinajstić information content (AvgIpc) is 2.90. The zero-order chi connectivity index (χ0) is 14.6. The number of ether oxygens (including phenoxy) is 1. The van der Waals surface area contributed by atoms with E-state index in [1.54, 1.807) is 7.11 Å². The van der Waals surface area contributed by atoms with Gasteiger partial charge >= 0.3 is 0 Å². The highest BCUT2D eigenvalue weighted by Gasteiger charge is 2.42. The van der Waals surface area contributed by atoms with E-state index < -0.39 is 5.41 Å². The maximum Gasteiger partial charge on any atom is 0.232 e. The van der Waals surface area contributed by atoms with Crippen LogP contribution in [0.1, 0.15) is 17.5 Å². The van der Waals surface area contributed by atoms with E-state index in [2.05, 4.69) is 36.5 Å². The van der Waals surface area contributed by atoms with E-state index in [1.165, 1.54) is 5.56 Å². The number of carbonyl (C=O) groups is 1. The average molecular weight is 276 g/mol. The van der Waals surface area contributed by atoms with Crippen LogP contribution in [-0.2, 0) is 16.1 Å². The third-order valence-electron chi connectivity index (χ3n) is 4.01. The summed E-state index contributed by atoms with van der Waals surface area (Å²) >= 11 is 0. The van der Waals surface area contributed by atoms with Gasteiger partial charge in [0.05, 0.1) is 12.0 Å². The first-order chi connectivity index (χ1) is 9.57. The second-order valence-electron chi connectivity index (χ2n) is 5.79. The molecular weight excluding hydrogens is 252 g/mol. The number of aryl methyl sites for hydroxylation is 1. The van der Waals surface area contributed by atoms with E-state index in [0.717, 1.165) is 18.5 Å². The number of hydrogen-bond donors (Lipinski definition) is 1. The summed E-state index contributed by atoms with van der Waals surface area (Å²) in [7, 11) is 3.53. The second-order valence-corrected chi connectivity index (χ2v) is 5.79. The molecule has 1 fully saturated rings. The van der Waals surface area contributed by atoms with Crippen molar-refractivity contribution in [2.24, 2.45) is 5.41 Å². The van der Waals surface area contributed by atoms with E-state index in [9.17, 15) is 4.79 Å². The zero-order valence-electron chi connectivity index (χ0n) is 12.6. The number of hydrogen-bond acceptors (Lipinski definition) is 3. The Morgan fingerprint density at radius 2 is 2.10 bits per heavy atom. The molecule has 4 heteroatoms.